The molecule has 2 N–H and O–H groups in total. The van der Waals surface area contributed by atoms with Gasteiger partial charge in [-0.05, 0) is 50.9 Å². The van der Waals surface area contributed by atoms with Crippen molar-refractivity contribution >= 4 is 5.65 Å². The van der Waals surface area contributed by atoms with E-state index in [1.807, 2.05) is 6.07 Å². The van der Waals surface area contributed by atoms with Crippen molar-refractivity contribution < 1.29 is 0 Å². The average molecular weight is 273 g/mol. The summed E-state index contributed by atoms with van der Waals surface area (Å²) in [6.07, 6.45) is 4.49. The summed E-state index contributed by atoms with van der Waals surface area (Å²) in [6.45, 7) is 7.35. The molecule has 1 atom stereocenters. The van der Waals surface area contributed by atoms with Crippen LogP contribution in [-0.4, -0.2) is 38.6 Å². The second-order valence-corrected chi connectivity index (χ2v) is 5.95. The third-order valence-electron chi connectivity index (χ3n) is 4.28. The zero-order valence-corrected chi connectivity index (χ0v) is 12.3. The predicted molar refractivity (Wildman–Crippen MR) is 79.6 cm³/mol. The molecule has 3 rings (SSSR count). The van der Waals surface area contributed by atoms with Gasteiger partial charge in [0.2, 0.25) is 0 Å². The Balaban J connectivity index is 1.90. The molecule has 0 aliphatic carbocycles. The zero-order valence-electron chi connectivity index (χ0n) is 12.3. The number of pyridine rings is 1. The van der Waals surface area contributed by atoms with Gasteiger partial charge in [0.05, 0.1) is 0 Å². The number of nitrogens with two attached hydrogens (primary N) is 1. The third-order valence-corrected chi connectivity index (χ3v) is 4.28. The summed E-state index contributed by atoms with van der Waals surface area (Å²) in [4.78, 5) is 2.53. The highest BCUT2D eigenvalue weighted by Crippen LogP contribution is 2.27. The Morgan fingerprint density at radius 3 is 3.00 bits per heavy atom. The van der Waals surface area contributed by atoms with Crippen LogP contribution in [0.2, 0.25) is 0 Å². The third kappa shape index (κ3) is 2.43. The van der Waals surface area contributed by atoms with Gasteiger partial charge >= 0.3 is 0 Å². The van der Waals surface area contributed by atoms with Crippen molar-refractivity contribution in [3.63, 3.8) is 0 Å². The normalized spacial score (nSPS) is 20.9. The number of aromatic nitrogens is 3. The van der Waals surface area contributed by atoms with Crippen LogP contribution >= 0.6 is 0 Å². The average Bonchev–Trinajstić information content (AvgIpc) is 2.90. The molecule has 3 heterocycles. The Morgan fingerprint density at radius 1 is 1.40 bits per heavy atom. The molecule has 1 aliphatic rings. The molecular weight excluding hydrogens is 250 g/mol. The molecule has 2 aromatic rings. The van der Waals surface area contributed by atoms with Crippen LogP contribution in [0.4, 0.5) is 0 Å². The maximum Gasteiger partial charge on any atom is 0.161 e. The number of hydrogen-bond donors (Lipinski definition) is 1. The van der Waals surface area contributed by atoms with Crippen LogP contribution in [0, 0.1) is 0 Å². The number of fused-ring (bicyclic) bond motifs is 1. The fourth-order valence-corrected chi connectivity index (χ4v) is 3.04. The summed E-state index contributed by atoms with van der Waals surface area (Å²) in [5.41, 5.74) is 7.69. The number of nitrogens with zero attached hydrogens (tertiary/aromatic N) is 4. The van der Waals surface area contributed by atoms with Gasteiger partial charge in [-0.15, -0.1) is 10.2 Å². The van der Waals surface area contributed by atoms with Crippen LogP contribution < -0.4 is 5.73 Å². The highest BCUT2D eigenvalue weighted by atomic mass is 15.3. The van der Waals surface area contributed by atoms with Gasteiger partial charge in [-0.3, -0.25) is 4.40 Å². The molecule has 2 aromatic heterocycles. The minimum Gasteiger partial charge on any atom is -0.326 e. The molecule has 1 unspecified atom stereocenters. The SMILES string of the molecule is CC(C)N1CCCC(c2nnc3cc(CN)ccn23)C1. The van der Waals surface area contributed by atoms with E-state index in [9.17, 15) is 0 Å². The summed E-state index contributed by atoms with van der Waals surface area (Å²) >= 11 is 0. The fraction of sp³-hybridized carbons (Fsp3) is 0.600. The maximum atomic E-state index is 5.68. The Morgan fingerprint density at radius 2 is 2.25 bits per heavy atom. The number of hydrogen-bond acceptors (Lipinski definition) is 4. The van der Waals surface area contributed by atoms with Crippen molar-refractivity contribution in [1.29, 1.82) is 0 Å². The van der Waals surface area contributed by atoms with Gasteiger partial charge in [-0.25, -0.2) is 0 Å². The van der Waals surface area contributed by atoms with E-state index in [1.165, 1.54) is 19.4 Å². The van der Waals surface area contributed by atoms with Gasteiger partial charge in [0.25, 0.3) is 0 Å². The van der Waals surface area contributed by atoms with Crippen LogP contribution in [0.15, 0.2) is 18.3 Å². The second-order valence-electron chi connectivity index (χ2n) is 5.95. The standard InChI is InChI=1S/C15H23N5/c1-11(2)19-6-3-4-13(10-19)15-18-17-14-8-12(9-16)5-7-20(14)15/h5,7-8,11,13H,3-4,6,9-10,16H2,1-2H3. The zero-order chi connectivity index (χ0) is 14.1. The Hall–Kier alpha value is -1.46. The monoisotopic (exact) mass is 273 g/mol. The van der Waals surface area contributed by atoms with Gasteiger partial charge in [0.15, 0.2) is 5.65 Å². The van der Waals surface area contributed by atoms with Crippen molar-refractivity contribution in [2.24, 2.45) is 5.73 Å². The molecule has 0 aromatic carbocycles. The number of rotatable bonds is 3. The van der Waals surface area contributed by atoms with Gasteiger partial charge in [-0.1, -0.05) is 0 Å². The van der Waals surface area contributed by atoms with Gasteiger partial charge in [0, 0.05) is 31.2 Å². The van der Waals surface area contributed by atoms with Gasteiger partial charge in [0.1, 0.15) is 5.82 Å². The molecule has 1 fully saturated rings. The Kier molecular flexibility index (Phi) is 3.72. The summed E-state index contributed by atoms with van der Waals surface area (Å²) in [7, 11) is 0. The molecule has 20 heavy (non-hydrogen) atoms. The summed E-state index contributed by atoms with van der Waals surface area (Å²) < 4.78 is 2.12. The first-order valence-corrected chi connectivity index (χ1v) is 7.46. The lowest BCUT2D eigenvalue weighted by atomic mass is 9.96. The predicted octanol–water partition coefficient (Wildman–Crippen LogP) is 1.78. The van der Waals surface area contributed by atoms with Crippen molar-refractivity contribution in [2.45, 2.75) is 45.2 Å². The minimum absolute atomic E-state index is 0.477. The highest BCUT2D eigenvalue weighted by Gasteiger charge is 2.26. The molecular formula is C15H23N5. The van der Waals surface area contributed by atoms with Crippen LogP contribution in [0.1, 0.15) is 44.0 Å². The molecule has 0 saturated carbocycles. The first kappa shape index (κ1) is 13.5. The highest BCUT2D eigenvalue weighted by molar-refractivity contribution is 5.41. The maximum absolute atomic E-state index is 5.68. The molecule has 5 nitrogen and oxygen atoms in total. The van der Waals surface area contributed by atoms with E-state index in [4.69, 9.17) is 5.73 Å². The lowest BCUT2D eigenvalue weighted by Gasteiger charge is -2.34. The van der Waals surface area contributed by atoms with Crippen LogP contribution in [-0.2, 0) is 6.54 Å². The molecule has 0 radical (unpaired) electrons. The van der Waals surface area contributed by atoms with Crippen LogP contribution in [0.3, 0.4) is 0 Å². The van der Waals surface area contributed by atoms with Crippen LogP contribution in [0.5, 0.6) is 0 Å². The van der Waals surface area contributed by atoms with Crippen molar-refractivity contribution in [3.05, 3.63) is 29.7 Å². The van der Waals surface area contributed by atoms with Gasteiger partial charge < -0.3 is 10.6 Å². The molecule has 108 valence electrons. The summed E-state index contributed by atoms with van der Waals surface area (Å²) in [5, 5.41) is 8.74. The molecule has 0 amide bonds. The topological polar surface area (TPSA) is 59.5 Å². The first-order valence-electron chi connectivity index (χ1n) is 7.46. The Labute approximate surface area is 119 Å². The van der Waals surface area contributed by atoms with E-state index in [-0.39, 0.29) is 0 Å². The summed E-state index contributed by atoms with van der Waals surface area (Å²) in [6, 6.07) is 4.68. The van der Waals surface area contributed by atoms with E-state index < -0.39 is 0 Å². The molecule has 5 heteroatoms. The quantitative estimate of drug-likeness (QED) is 0.926. The molecule has 1 saturated heterocycles. The van der Waals surface area contributed by atoms with Crippen molar-refractivity contribution in [1.82, 2.24) is 19.5 Å². The lowest BCUT2D eigenvalue weighted by molar-refractivity contribution is 0.164. The molecule has 1 aliphatic heterocycles. The van der Waals surface area contributed by atoms with E-state index in [0.29, 0.717) is 18.5 Å². The van der Waals surface area contributed by atoms with Crippen LogP contribution in [0.25, 0.3) is 5.65 Å². The smallest absolute Gasteiger partial charge is 0.161 e. The van der Waals surface area contributed by atoms with Gasteiger partial charge in [-0.2, -0.15) is 0 Å². The van der Waals surface area contributed by atoms with Crippen molar-refractivity contribution in [3.8, 4) is 0 Å². The van der Waals surface area contributed by atoms with E-state index in [0.717, 1.165) is 23.6 Å². The minimum atomic E-state index is 0.477. The number of piperidine rings is 1. The first-order chi connectivity index (χ1) is 9.69. The largest absolute Gasteiger partial charge is 0.326 e. The summed E-state index contributed by atoms with van der Waals surface area (Å²) in [5.74, 6) is 1.57. The Bertz CT molecular complexity index is 589. The van der Waals surface area contributed by atoms with Crippen molar-refractivity contribution in [2.75, 3.05) is 13.1 Å². The van der Waals surface area contributed by atoms with E-state index in [2.05, 4.69) is 45.6 Å². The second kappa shape index (κ2) is 5.50. The lowest BCUT2D eigenvalue weighted by Crippen LogP contribution is -2.39. The number of likely N-dealkylation sites (tertiary alicyclic amines) is 1. The molecule has 0 bridgehead atoms. The fourth-order valence-electron chi connectivity index (χ4n) is 3.04. The van der Waals surface area contributed by atoms with E-state index in [1.54, 1.807) is 0 Å². The van der Waals surface area contributed by atoms with E-state index >= 15 is 0 Å². The molecule has 0 spiro atoms.